The van der Waals surface area contributed by atoms with Gasteiger partial charge in [-0.1, -0.05) is 0 Å². The van der Waals surface area contributed by atoms with Crippen molar-refractivity contribution in [2.75, 3.05) is 37.9 Å². The summed E-state index contributed by atoms with van der Waals surface area (Å²) in [6.07, 6.45) is 1.11. The second-order valence-corrected chi connectivity index (χ2v) is 7.05. The van der Waals surface area contributed by atoms with Crippen molar-refractivity contribution in [2.45, 2.75) is 0 Å². The molecule has 0 saturated carbocycles. The van der Waals surface area contributed by atoms with Crippen LogP contribution in [0.1, 0.15) is 0 Å². The van der Waals surface area contributed by atoms with Crippen LogP contribution in [0.5, 0.6) is 0 Å². The molecule has 0 unspecified atom stereocenters. The van der Waals surface area contributed by atoms with Crippen molar-refractivity contribution in [1.82, 2.24) is 4.90 Å². The molecule has 0 heterocycles. The van der Waals surface area contributed by atoms with Crippen LogP contribution in [0.2, 0.25) is 0 Å². The van der Waals surface area contributed by atoms with Gasteiger partial charge in [0.05, 0.1) is 11.5 Å². The second-order valence-electron chi connectivity index (χ2n) is 3.22. The maximum Gasteiger partial charge on any atom is 0.266 e. The first-order valence-corrected chi connectivity index (χ1v) is 7.58. The van der Waals surface area contributed by atoms with Gasteiger partial charge in [0.2, 0.25) is 0 Å². The van der Waals surface area contributed by atoms with Crippen LogP contribution in [-0.4, -0.2) is 64.2 Å². The zero-order chi connectivity index (χ0) is 11.4. The van der Waals surface area contributed by atoms with Crippen LogP contribution in [0.4, 0.5) is 0 Å². The molecule has 14 heavy (non-hydrogen) atoms. The number of sulfone groups is 1. The third-order valence-corrected chi connectivity index (χ3v) is 3.20. The molecule has 0 aromatic heterocycles. The van der Waals surface area contributed by atoms with Gasteiger partial charge < -0.3 is 4.90 Å². The maximum absolute atomic E-state index is 10.7. The molecule has 0 radical (unpaired) electrons. The van der Waals surface area contributed by atoms with Crippen LogP contribution >= 0.6 is 0 Å². The number of nitrogens with zero attached hydrogens (tertiary/aromatic N) is 1. The summed E-state index contributed by atoms with van der Waals surface area (Å²) in [5.74, 6) is -0.401. The van der Waals surface area contributed by atoms with Crippen molar-refractivity contribution in [1.29, 1.82) is 0 Å². The van der Waals surface area contributed by atoms with Crippen LogP contribution in [0.15, 0.2) is 0 Å². The summed E-state index contributed by atoms with van der Waals surface area (Å²) in [5, 5.41) is 0. The fourth-order valence-corrected chi connectivity index (χ4v) is 1.89. The van der Waals surface area contributed by atoms with Crippen molar-refractivity contribution >= 4 is 20.0 Å². The van der Waals surface area contributed by atoms with Gasteiger partial charge in [-0.2, -0.15) is 8.42 Å². The second kappa shape index (κ2) is 5.06. The molecule has 6 nitrogen and oxygen atoms in total. The van der Waals surface area contributed by atoms with E-state index in [9.17, 15) is 16.8 Å². The Labute approximate surface area is 84.6 Å². The van der Waals surface area contributed by atoms with Crippen molar-refractivity contribution in [3.8, 4) is 0 Å². The van der Waals surface area contributed by atoms with Crippen LogP contribution < -0.4 is 0 Å². The highest BCUT2D eigenvalue weighted by Gasteiger charge is 2.09. The molecular formula is C6H15NO5S2. The van der Waals surface area contributed by atoms with Gasteiger partial charge in [-0.15, -0.1) is 0 Å². The van der Waals surface area contributed by atoms with Gasteiger partial charge in [0.15, 0.2) is 0 Å². The third kappa shape index (κ3) is 9.90. The average molecular weight is 245 g/mol. The summed E-state index contributed by atoms with van der Waals surface area (Å²) in [7, 11) is -5.40. The molecule has 0 bridgehead atoms. The maximum atomic E-state index is 10.7. The molecule has 0 aromatic rings. The first-order chi connectivity index (χ1) is 6.10. The summed E-state index contributed by atoms with van der Waals surface area (Å²) in [4.78, 5) is 1.54. The summed E-state index contributed by atoms with van der Waals surface area (Å²) in [6.45, 7) is 0.378. The van der Waals surface area contributed by atoms with Crippen LogP contribution in [0.25, 0.3) is 0 Å². The minimum Gasteiger partial charge on any atom is -0.304 e. The summed E-state index contributed by atoms with van der Waals surface area (Å²) < 4.78 is 50.6. The van der Waals surface area contributed by atoms with Gasteiger partial charge in [-0.25, -0.2) is 8.42 Å². The van der Waals surface area contributed by atoms with E-state index in [4.69, 9.17) is 4.55 Å². The minimum atomic E-state index is -3.96. The Kier molecular flexibility index (Phi) is 4.99. The first-order valence-electron chi connectivity index (χ1n) is 3.91. The lowest BCUT2D eigenvalue weighted by molar-refractivity contribution is 0.368. The Hall–Kier alpha value is -0.180. The predicted octanol–water partition coefficient (Wildman–Crippen LogP) is -1.15. The fraction of sp³-hybridized carbons (Fsp3) is 1.00. The van der Waals surface area contributed by atoms with Gasteiger partial charge in [0, 0.05) is 19.3 Å². The summed E-state index contributed by atoms with van der Waals surface area (Å²) in [6, 6.07) is 0. The van der Waals surface area contributed by atoms with Crippen molar-refractivity contribution in [2.24, 2.45) is 0 Å². The lowest BCUT2D eigenvalue weighted by atomic mass is 10.6. The van der Waals surface area contributed by atoms with Gasteiger partial charge >= 0.3 is 0 Å². The number of hydrogen-bond acceptors (Lipinski definition) is 5. The molecular weight excluding hydrogens is 230 g/mol. The molecule has 0 amide bonds. The van der Waals surface area contributed by atoms with E-state index in [0.29, 0.717) is 0 Å². The molecule has 0 fully saturated rings. The van der Waals surface area contributed by atoms with E-state index in [0.717, 1.165) is 6.26 Å². The first kappa shape index (κ1) is 13.8. The standard InChI is InChI=1S/C6H15NO5S2/c1-7(3-5-13(2,8)9)4-6-14(10,11)12/h3-6H2,1-2H3,(H,10,11,12). The summed E-state index contributed by atoms with van der Waals surface area (Å²) >= 11 is 0. The molecule has 0 spiro atoms. The molecule has 86 valence electrons. The van der Waals surface area contributed by atoms with Gasteiger partial charge in [-0.3, -0.25) is 4.55 Å². The van der Waals surface area contributed by atoms with E-state index in [1.54, 1.807) is 7.05 Å². The van der Waals surface area contributed by atoms with E-state index in [1.807, 2.05) is 0 Å². The molecule has 1 N–H and O–H groups in total. The quantitative estimate of drug-likeness (QED) is 0.594. The summed E-state index contributed by atoms with van der Waals surface area (Å²) in [5.41, 5.74) is 0. The number of hydrogen-bond donors (Lipinski definition) is 1. The molecule has 8 heteroatoms. The molecule has 0 atom stereocenters. The van der Waals surface area contributed by atoms with Gasteiger partial charge in [0.1, 0.15) is 9.84 Å². The minimum absolute atomic E-state index is 0.0189. The Morgan fingerprint density at radius 3 is 1.86 bits per heavy atom. The van der Waals surface area contributed by atoms with E-state index in [1.165, 1.54) is 4.90 Å². The third-order valence-electron chi connectivity index (χ3n) is 1.57. The predicted molar refractivity (Wildman–Crippen MR) is 53.6 cm³/mol. The van der Waals surface area contributed by atoms with Crippen molar-refractivity contribution in [3.05, 3.63) is 0 Å². The lowest BCUT2D eigenvalue weighted by Crippen LogP contribution is -2.29. The van der Waals surface area contributed by atoms with E-state index >= 15 is 0 Å². The van der Waals surface area contributed by atoms with E-state index < -0.39 is 20.0 Å². The van der Waals surface area contributed by atoms with Crippen LogP contribution in [-0.2, 0) is 20.0 Å². The Morgan fingerprint density at radius 1 is 1.07 bits per heavy atom. The molecule has 0 aliphatic rings. The highest BCUT2D eigenvalue weighted by molar-refractivity contribution is 7.90. The molecule has 0 aromatic carbocycles. The number of rotatable bonds is 6. The van der Waals surface area contributed by atoms with Gasteiger partial charge in [-0.05, 0) is 7.05 Å². The molecule has 0 aliphatic heterocycles. The van der Waals surface area contributed by atoms with Gasteiger partial charge in [0.25, 0.3) is 10.1 Å². The highest BCUT2D eigenvalue weighted by atomic mass is 32.2. The van der Waals surface area contributed by atoms with E-state index in [2.05, 4.69) is 0 Å². The zero-order valence-corrected chi connectivity index (χ0v) is 9.81. The monoisotopic (exact) mass is 245 g/mol. The zero-order valence-electron chi connectivity index (χ0n) is 8.17. The largest absolute Gasteiger partial charge is 0.304 e. The smallest absolute Gasteiger partial charge is 0.266 e. The Morgan fingerprint density at radius 2 is 1.50 bits per heavy atom. The normalized spacial score (nSPS) is 13.4. The van der Waals surface area contributed by atoms with Crippen LogP contribution in [0.3, 0.4) is 0 Å². The fourth-order valence-electron chi connectivity index (χ4n) is 0.705. The van der Waals surface area contributed by atoms with Crippen molar-refractivity contribution < 1.29 is 21.4 Å². The SMILES string of the molecule is CN(CCS(C)(=O)=O)CCS(=O)(=O)O. The molecule has 0 saturated heterocycles. The molecule has 0 rings (SSSR count). The Bertz CT molecular complexity index is 322. The van der Waals surface area contributed by atoms with Crippen molar-refractivity contribution in [3.63, 3.8) is 0 Å². The lowest BCUT2D eigenvalue weighted by Gasteiger charge is -2.14. The topological polar surface area (TPSA) is 91.8 Å². The van der Waals surface area contributed by atoms with E-state index in [-0.39, 0.29) is 24.6 Å². The average Bonchev–Trinajstić information content (AvgIpc) is 1.94. The van der Waals surface area contributed by atoms with Crippen LogP contribution in [0, 0.1) is 0 Å². The Balaban J connectivity index is 3.84. The molecule has 0 aliphatic carbocycles. The highest BCUT2D eigenvalue weighted by Crippen LogP contribution is 1.90.